The van der Waals surface area contributed by atoms with Crippen molar-refractivity contribution in [2.24, 2.45) is 5.92 Å². The molecular weight excluding hydrogens is 396 g/mol. The van der Waals surface area contributed by atoms with Gasteiger partial charge < -0.3 is 10.1 Å². The van der Waals surface area contributed by atoms with Crippen molar-refractivity contribution in [2.75, 3.05) is 24.7 Å². The molecule has 0 fully saturated rings. The van der Waals surface area contributed by atoms with Crippen molar-refractivity contribution < 1.29 is 17.9 Å². The molecule has 0 aliphatic heterocycles. The molecule has 6 nitrogen and oxygen atoms in total. The quantitative estimate of drug-likeness (QED) is 0.603. The number of benzene rings is 2. The van der Waals surface area contributed by atoms with Crippen LogP contribution in [-0.2, 0) is 14.8 Å². The normalized spacial score (nSPS) is 11.5. The number of hydrogen-bond donors (Lipinski definition) is 2. The summed E-state index contributed by atoms with van der Waals surface area (Å²) in [7, 11) is -3.56. The van der Waals surface area contributed by atoms with Crippen LogP contribution in [0, 0.1) is 12.8 Å². The van der Waals surface area contributed by atoms with E-state index >= 15 is 0 Å². The summed E-state index contributed by atoms with van der Waals surface area (Å²) in [6.07, 6.45) is 1.94. The van der Waals surface area contributed by atoms with Gasteiger partial charge in [-0.05, 0) is 55.0 Å². The van der Waals surface area contributed by atoms with Gasteiger partial charge in [0.1, 0.15) is 5.75 Å². The van der Waals surface area contributed by atoms with Crippen molar-refractivity contribution in [1.29, 1.82) is 0 Å². The first kappa shape index (κ1) is 22.3. The molecule has 0 radical (unpaired) electrons. The Bertz CT molecular complexity index is 928. The summed E-state index contributed by atoms with van der Waals surface area (Å²) in [4.78, 5) is 13.3. The SMILES string of the molecule is CSc1ccccc1NC(=O)COc1ccc(S(=O)(=O)NCC(C)C)cc1C. The highest BCUT2D eigenvalue weighted by molar-refractivity contribution is 7.98. The fourth-order valence-electron chi connectivity index (χ4n) is 2.39. The summed E-state index contributed by atoms with van der Waals surface area (Å²) in [6.45, 7) is 5.83. The fraction of sp³-hybridized carbons (Fsp3) is 0.350. The number of nitrogens with one attached hydrogen (secondary N) is 2. The number of para-hydroxylation sites is 1. The topological polar surface area (TPSA) is 84.5 Å². The first-order valence-corrected chi connectivity index (χ1v) is 11.6. The van der Waals surface area contributed by atoms with E-state index in [4.69, 9.17) is 4.74 Å². The second kappa shape index (κ2) is 9.95. The van der Waals surface area contributed by atoms with E-state index in [9.17, 15) is 13.2 Å². The molecule has 0 heterocycles. The molecule has 28 heavy (non-hydrogen) atoms. The van der Waals surface area contributed by atoms with Crippen LogP contribution >= 0.6 is 11.8 Å². The van der Waals surface area contributed by atoms with Gasteiger partial charge in [-0.2, -0.15) is 0 Å². The number of hydrogen-bond acceptors (Lipinski definition) is 5. The predicted molar refractivity (Wildman–Crippen MR) is 114 cm³/mol. The van der Waals surface area contributed by atoms with E-state index in [0.29, 0.717) is 17.9 Å². The van der Waals surface area contributed by atoms with Crippen LogP contribution < -0.4 is 14.8 Å². The van der Waals surface area contributed by atoms with E-state index in [-0.39, 0.29) is 23.3 Å². The Hall–Kier alpha value is -2.03. The second-order valence-electron chi connectivity index (χ2n) is 6.71. The predicted octanol–water partition coefficient (Wildman–Crippen LogP) is 3.67. The number of anilines is 1. The minimum absolute atomic E-state index is 0.165. The molecule has 0 unspecified atom stereocenters. The standard InChI is InChI=1S/C20H26N2O4S2/c1-14(2)12-21-28(24,25)16-9-10-18(15(3)11-16)26-13-20(23)22-17-7-5-6-8-19(17)27-4/h5-11,14,21H,12-13H2,1-4H3,(H,22,23). The zero-order valence-corrected chi connectivity index (χ0v) is 18.1. The molecule has 0 aliphatic carbocycles. The van der Waals surface area contributed by atoms with E-state index in [2.05, 4.69) is 10.0 Å². The van der Waals surface area contributed by atoms with Gasteiger partial charge in [0.2, 0.25) is 10.0 Å². The third-order valence-electron chi connectivity index (χ3n) is 3.88. The van der Waals surface area contributed by atoms with Gasteiger partial charge in [-0.15, -0.1) is 11.8 Å². The van der Waals surface area contributed by atoms with Crippen molar-refractivity contribution in [3.05, 3.63) is 48.0 Å². The Labute approximate surface area is 171 Å². The van der Waals surface area contributed by atoms with Crippen LogP contribution in [0.25, 0.3) is 0 Å². The average Bonchev–Trinajstić information content (AvgIpc) is 2.66. The lowest BCUT2D eigenvalue weighted by Gasteiger charge is -2.13. The summed E-state index contributed by atoms with van der Waals surface area (Å²) in [6, 6.07) is 12.1. The Balaban J connectivity index is 2.00. The number of rotatable bonds is 9. The molecule has 0 aromatic heterocycles. The molecular formula is C20H26N2O4S2. The highest BCUT2D eigenvalue weighted by Crippen LogP contribution is 2.25. The molecule has 2 aromatic carbocycles. The molecule has 0 saturated heterocycles. The Kier molecular flexibility index (Phi) is 7.91. The third kappa shape index (κ3) is 6.25. The van der Waals surface area contributed by atoms with Gasteiger partial charge in [0.15, 0.2) is 6.61 Å². The number of thioether (sulfide) groups is 1. The third-order valence-corrected chi connectivity index (χ3v) is 6.10. The summed E-state index contributed by atoms with van der Waals surface area (Å²) in [5.74, 6) is 0.403. The number of aryl methyl sites for hydroxylation is 1. The summed E-state index contributed by atoms with van der Waals surface area (Å²) in [5.41, 5.74) is 1.38. The van der Waals surface area contributed by atoms with Crippen LogP contribution in [0.4, 0.5) is 5.69 Å². The Morgan fingerprint density at radius 1 is 1.18 bits per heavy atom. The molecule has 1 amide bonds. The van der Waals surface area contributed by atoms with E-state index in [0.717, 1.165) is 10.6 Å². The lowest BCUT2D eigenvalue weighted by molar-refractivity contribution is -0.118. The summed E-state index contributed by atoms with van der Waals surface area (Å²) < 4.78 is 32.8. The van der Waals surface area contributed by atoms with Crippen molar-refractivity contribution in [2.45, 2.75) is 30.6 Å². The van der Waals surface area contributed by atoms with Crippen LogP contribution in [0.2, 0.25) is 0 Å². The smallest absolute Gasteiger partial charge is 0.262 e. The first-order chi connectivity index (χ1) is 13.2. The number of carbonyl (C=O) groups is 1. The largest absolute Gasteiger partial charge is 0.483 e. The molecule has 0 bridgehead atoms. The van der Waals surface area contributed by atoms with Crippen LogP contribution in [-0.4, -0.2) is 33.7 Å². The molecule has 2 N–H and O–H groups in total. The highest BCUT2D eigenvalue weighted by Gasteiger charge is 2.16. The number of sulfonamides is 1. The minimum Gasteiger partial charge on any atom is -0.483 e. The van der Waals surface area contributed by atoms with E-state index in [1.807, 2.05) is 44.4 Å². The van der Waals surface area contributed by atoms with E-state index in [1.54, 1.807) is 30.8 Å². The van der Waals surface area contributed by atoms with Crippen LogP contribution in [0.15, 0.2) is 52.3 Å². The lowest BCUT2D eigenvalue weighted by atomic mass is 10.2. The molecule has 2 rings (SSSR count). The molecule has 0 spiro atoms. The van der Waals surface area contributed by atoms with Gasteiger partial charge in [0.05, 0.1) is 10.6 Å². The van der Waals surface area contributed by atoms with Gasteiger partial charge in [-0.1, -0.05) is 26.0 Å². The van der Waals surface area contributed by atoms with Crippen LogP contribution in [0.5, 0.6) is 5.75 Å². The van der Waals surface area contributed by atoms with Crippen molar-refractivity contribution in [3.63, 3.8) is 0 Å². The maximum Gasteiger partial charge on any atom is 0.262 e. The Morgan fingerprint density at radius 2 is 1.89 bits per heavy atom. The highest BCUT2D eigenvalue weighted by atomic mass is 32.2. The second-order valence-corrected chi connectivity index (χ2v) is 9.33. The van der Waals surface area contributed by atoms with Crippen LogP contribution in [0.3, 0.4) is 0 Å². The summed E-state index contributed by atoms with van der Waals surface area (Å²) >= 11 is 1.55. The van der Waals surface area contributed by atoms with E-state index < -0.39 is 10.0 Å². The van der Waals surface area contributed by atoms with Gasteiger partial charge >= 0.3 is 0 Å². The van der Waals surface area contributed by atoms with Crippen molar-refractivity contribution >= 4 is 33.4 Å². The first-order valence-electron chi connectivity index (χ1n) is 8.89. The van der Waals surface area contributed by atoms with Crippen molar-refractivity contribution in [3.8, 4) is 5.75 Å². The minimum atomic E-state index is -3.56. The van der Waals surface area contributed by atoms with Gasteiger partial charge in [0, 0.05) is 11.4 Å². The maximum atomic E-state index is 12.3. The van der Waals surface area contributed by atoms with Gasteiger partial charge in [-0.25, -0.2) is 13.1 Å². The van der Waals surface area contributed by atoms with Crippen molar-refractivity contribution in [1.82, 2.24) is 4.72 Å². The fourth-order valence-corrected chi connectivity index (χ4v) is 4.24. The molecule has 0 aliphatic rings. The molecule has 0 saturated carbocycles. The number of ether oxygens (including phenoxy) is 1. The maximum absolute atomic E-state index is 12.3. The average molecular weight is 423 g/mol. The zero-order valence-electron chi connectivity index (χ0n) is 16.5. The van der Waals surface area contributed by atoms with Gasteiger partial charge in [0.25, 0.3) is 5.91 Å². The monoisotopic (exact) mass is 422 g/mol. The van der Waals surface area contributed by atoms with Gasteiger partial charge in [-0.3, -0.25) is 4.79 Å². The lowest BCUT2D eigenvalue weighted by Crippen LogP contribution is -2.27. The molecule has 152 valence electrons. The van der Waals surface area contributed by atoms with E-state index in [1.165, 1.54) is 6.07 Å². The zero-order chi connectivity index (χ0) is 20.7. The number of carbonyl (C=O) groups excluding carboxylic acids is 1. The Morgan fingerprint density at radius 3 is 2.54 bits per heavy atom. The summed E-state index contributed by atoms with van der Waals surface area (Å²) in [5, 5.41) is 2.82. The van der Waals surface area contributed by atoms with Crippen LogP contribution in [0.1, 0.15) is 19.4 Å². The molecule has 8 heteroatoms. The number of amides is 1. The molecule has 2 aromatic rings. The molecule has 0 atom stereocenters.